The lowest BCUT2D eigenvalue weighted by Gasteiger charge is -2.23. The fourth-order valence-corrected chi connectivity index (χ4v) is 1.92. The third kappa shape index (κ3) is 5.81. The van der Waals surface area contributed by atoms with E-state index >= 15 is 0 Å². The molecule has 0 bridgehead atoms. The van der Waals surface area contributed by atoms with Gasteiger partial charge in [-0.2, -0.15) is 0 Å². The highest BCUT2D eigenvalue weighted by atomic mass is 16.5. The first-order valence-corrected chi connectivity index (χ1v) is 5.88. The van der Waals surface area contributed by atoms with Crippen molar-refractivity contribution in [1.82, 2.24) is 0 Å². The van der Waals surface area contributed by atoms with Gasteiger partial charge in [0.1, 0.15) is 6.10 Å². The number of cyclic esters (lactones) is 1. The van der Waals surface area contributed by atoms with Crippen LogP contribution in [0, 0.1) is 0 Å². The maximum absolute atomic E-state index is 10.9. The summed E-state index contributed by atoms with van der Waals surface area (Å²) >= 11 is 0. The van der Waals surface area contributed by atoms with Crippen LogP contribution in [0.25, 0.3) is 0 Å². The van der Waals surface area contributed by atoms with Crippen LogP contribution in [-0.2, 0) is 9.53 Å². The highest BCUT2D eigenvalue weighted by molar-refractivity contribution is 5.82. The Labute approximate surface area is 101 Å². The van der Waals surface area contributed by atoms with Crippen LogP contribution >= 0.6 is 0 Å². The summed E-state index contributed by atoms with van der Waals surface area (Å²) in [7, 11) is 0. The van der Waals surface area contributed by atoms with Crippen LogP contribution in [0.15, 0.2) is 12.2 Å². The molecule has 1 rings (SSSR count). The van der Waals surface area contributed by atoms with Crippen LogP contribution in [0.4, 0.5) is 0 Å². The molecule has 0 saturated carbocycles. The molecule has 1 aliphatic heterocycles. The number of hydrogen-bond donors (Lipinski definition) is 3. The van der Waals surface area contributed by atoms with E-state index in [1.165, 1.54) is 6.08 Å². The normalized spacial score (nSPS) is 25.2. The largest absolute Gasteiger partial charge is 0.459 e. The minimum absolute atomic E-state index is 0.183. The van der Waals surface area contributed by atoms with E-state index in [2.05, 4.69) is 0 Å². The Balaban J connectivity index is 2.27. The molecule has 5 heteroatoms. The first kappa shape index (κ1) is 14.2. The van der Waals surface area contributed by atoms with Gasteiger partial charge >= 0.3 is 5.97 Å². The average Bonchev–Trinajstić information content (AvgIpc) is 2.14. The number of aliphatic hydroxyl groups excluding tert-OH is 3. The van der Waals surface area contributed by atoms with E-state index < -0.39 is 24.3 Å². The standard InChI is InChI=1S/C12H20O5/c1-8(13)5-9(14)6-10(15)7-11-3-2-4-12(16)17-11/h2,4,8-11,13-15H,3,5-7H2,1H3/t8-,9-,10-,11+/m0/s1. The number of rotatable bonds is 6. The smallest absolute Gasteiger partial charge is 0.330 e. The number of aliphatic hydroxyl groups is 3. The first-order chi connectivity index (χ1) is 7.97. The molecule has 4 atom stereocenters. The van der Waals surface area contributed by atoms with Gasteiger partial charge in [0.25, 0.3) is 0 Å². The van der Waals surface area contributed by atoms with Gasteiger partial charge in [-0.3, -0.25) is 0 Å². The van der Waals surface area contributed by atoms with E-state index in [1.54, 1.807) is 13.0 Å². The molecule has 0 aliphatic carbocycles. The fourth-order valence-electron chi connectivity index (χ4n) is 1.92. The molecule has 1 aliphatic rings. The molecule has 0 fully saturated rings. The molecular formula is C12H20O5. The fraction of sp³-hybridized carbons (Fsp3) is 0.750. The van der Waals surface area contributed by atoms with Crippen molar-refractivity contribution in [3.05, 3.63) is 12.2 Å². The van der Waals surface area contributed by atoms with E-state index in [4.69, 9.17) is 9.84 Å². The lowest BCUT2D eigenvalue weighted by molar-refractivity contribution is -0.145. The molecule has 0 amide bonds. The zero-order chi connectivity index (χ0) is 12.8. The summed E-state index contributed by atoms with van der Waals surface area (Å²) in [6, 6.07) is 0. The van der Waals surface area contributed by atoms with Gasteiger partial charge in [0.2, 0.25) is 0 Å². The maximum Gasteiger partial charge on any atom is 0.330 e. The second kappa shape index (κ2) is 6.74. The van der Waals surface area contributed by atoms with Gasteiger partial charge < -0.3 is 20.1 Å². The van der Waals surface area contributed by atoms with E-state index in [-0.39, 0.29) is 18.9 Å². The van der Waals surface area contributed by atoms with Crippen LogP contribution in [0.3, 0.4) is 0 Å². The Morgan fingerprint density at radius 1 is 1.35 bits per heavy atom. The van der Waals surface area contributed by atoms with Crippen molar-refractivity contribution in [2.45, 2.75) is 57.0 Å². The Morgan fingerprint density at radius 2 is 2.06 bits per heavy atom. The van der Waals surface area contributed by atoms with Crippen molar-refractivity contribution in [3.8, 4) is 0 Å². The lowest BCUT2D eigenvalue weighted by Crippen LogP contribution is -2.28. The molecule has 0 aromatic carbocycles. The quantitative estimate of drug-likeness (QED) is 0.578. The van der Waals surface area contributed by atoms with E-state index in [0.717, 1.165) is 0 Å². The monoisotopic (exact) mass is 244 g/mol. The average molecular weight is 244 g/mol. The third-order valence-corrected chi connectivity index (χ3v) is 2.63. The minimum atomic E-state index is -0.736. The molecule has 0 radical (unpaired) electrons. The zero-order valence-corrected chi connectivity index (χ0v) is 9.95. The first-order valence-electron chi connectivity index (χ1n) is 5.88. The number of carbonyl (C=O) groups excluding carboxylic acids is 1. The molecule has 17 heavy (non-hydrogen) atoms. The van der Waals surface area contributed by atoms with Gasteiger partial charge in [-0.05, 0) is 19.8 Å². The predicted octanol–water partition coefficient (Wildman–Crippen LogP) is 0.131. The summed E-state index contributed by atoms with van der Waals surface area (Å²) in [4.78, 5) is 10.9. The molecule has 0 unspecified atom stereocenters. The number of carbonyl (C=O) groups is 1. The van der Waals surface area contributed by atoms with Gasteiger partial charge in [-0.1, -0.05) is 6.08 Å². The lowest BCUT2D eigenvalue weighted by atomic mass is 10.00. The topological polar surface area (TPSA) is 87.0 Å². The summed E-state index contributed by atoms with van der Waals surface area (Å²) < 4.78 is 5.00. The molecule has 3 N–H and O–H groups in total. The number of hydrogen-bond acceptors (Lipinski definition) is 5. The second-order valence-corrected chi connectivity index (χ2v) is 4.56. The number of esters is 1. The third-order valence-electron chi connectivity index (χ3n) is 2.63. The van der Waals surface area contributed by atoms with E-state index in [1.807, 2.05) is 0 Å². The van der Waals surface area contributed by atoms with Crippen molar-refractivity contribution in [2.75, 3.05) is 0 Å². The van der Waals surface area contributed by atoms with Crippen LogP contribution in [-0.4, -0.2) is 45.7 Å². The Morgan fingerprint density at radius 3 is 2.65 bits per heavy atom. The molecular weight excluding hydrogens is 224 g/mol. The Bertz CT molecular complexity index is 274. The molecule has 0 aromatic rings. The molecule has 1 heterocycles. The van der Waals surface area contributed by atoms with Crippen LogP contribution in [0.1, 0.15) is 32.6 Å². The molecule has 98 valence electrons. The summed E-state index contributed by atoms with van der Waals surface area (Å²) in [5, 5.41) is 28.3. The van der Waals surface area contributed by atoms with Crippen molar-refractivity contribution < 1.29 is 24.9 Å². The van der Waals surface area contributed by atoms with Crippen molar-refractivity contribution in [3.63, 3.8) is 0 Å². The highest BCUT2D eigenvalue weighted by Crippen LogP contribution is 2.16. The second-order valence-electron chi connectivity index (χ2n) is 4.56. The highest BCUT2D eigenvalue weighted by Gasteiger charge is 2.22. The van der Waals surface area contributed by atoms with Gasteiger partial charge in [0.05, 0.1) is 18.3 Å². The van der Waals surface area contributed by atoms with E-state index in [9.17, 15) is 15.0 Å². The van der Waals surface area contributed by atoms with Crippen LogP contribution < -0.4 is 0 Å². The van der Waals surface area contributed by atoms with E-state index in [0.29, 0.717) is 12.8 Å². The molecule has 0 aromatic heterocycles. The molecule has 0 saturated heterocycles. The van der Waals surface area contributed by atoms with Crippen LogP contribution in [0.5, 0.6) is 0 Å². The molecule has 5 nitrogen and oxygen atoms in total. The van der Waals surface area contributed by atoms with Crippen LogP contribution in [0.2, 0.25) is 0 Å². The zero-order valence-electron chi connectivity index (χ0n) is 9.95. The van der Waals surface area contributed by atoms with Crippen molar-refractivity contribution in [2.24, 2.45) is 0 Å². The maximum atomic E-state index is 10.9. The SMILES string of the molecule is C[C@H](O)C[C@H](O)C[C@H](O)C[C@H]1CC=CC(=O)O1. The van der Waals surface area contributed by atoms with Crippen molar-refractivity contribution in [1.29, 1.82) is 0 Å². The van der Waals surface area contributed by atoms with Gasteiger partial charge in [0.15, 0.2) is 0 Å². The Hall–Kier alpha value is -0.910. The van der Waals surface area contributed by atoms with Gasteiger partial charge in [-0.25, -0.2) is 4.79 Å². The Kier molecular flexibility index (Phi) is 5.61. The summed E-state index contributed by atoms with van der Waals surface area (Å²) in [5.74, 6) is -0.391. The number of ether oxygens (including phenoxy) is 1. The minimum Gasteiger partial charge on any atom is -0.459 e. The summed E-state index contributed by atoms with van der Waals surface area (Å²) in [6.45, 7) is 1.59. The van der Waals surface area contributed by atoms with Crippen molar-refractivity contribution >= 4 is 5.97 Å². The molecule has 0 spiro atoms. The summed E-state index contributed by atoms with van der Waals surface area (Å²) in [6.07, 6.45) is 2.04. The van der Waals surface area contributed by atoms with Gasteiger partial charge in [0, 0.05) is 18.9 Å². The summed E-state index contributed by atoms with van der Waals surface area (Å²) in [5.41, 5.74) is 0. The predicted molar refractivity (Wildman–Crippen MR) is 61.2 cm³/mol. The van der Waals surface area contributed by atoms with Gasteiger partial charge in [-0.15, -0.1) is 0 Å².